The predicted octanol–water partition coefficient (Wildman–Crippen LogP) is 0.590. The molecule has 17 heavy (non-hydrogen) atoms. The average molecular weight is 260 g/mol. The predicted molar refractivity (Wildman–Crippen MR) is 70.0 cm³/mol. The van der Waals surface area contributed by atoms with Gasteiger partial charge in [-0.1, -0.05) is 0 Å². The van der Waals surface area contributed by atoms with Crippen molar-refractivity contribution in [3.63, 3.8) is 0 Å². The van der Waals surface area contributed by atoms with E-state index in [9.17, 15) is 8.42 Å². The number of nitrogens with zero attached hydrogens (tertiary/aromatic N) is 2. The van der Waals surface area contributed by atoms with Gasteiger partial charge in [0.2, 0.25) is 0 Å². The Morgan fingerprint density at radius 2 is 1.94 bits per heavy atom. The monoisotopic (exact) mass is 260 g/mol. The summed E-state index contributed by atoms with van der Waals surface area (Å²) in [5, 5.41) is 0. The molecular weight excluding hydrogens is 236 g/mol. The molecule has 2 rings (SSSR count). The number of rotatable bonds is 3. The Labute approximate surface area is 105 Å². The quantitative estimate of drug-likeness (QED) is 0.745. The molecule has 2 saturated heterocycles. The molecule has 0 saturated carbocycles. The summed E-state index contributed by atoms with van der Waals surface area (Å²) in [5.41, 5.74) is 0. The van der Waals surface area contributed by atoms with Crippen LogP contribution in [-0.4, -0.2) is 68.0 Å². The van der Waals surface area contributed by atoms with E-state index in [2.05, 4.69) is 9.80 Å². The molecule has 1 atom stereocenters. The van der Waals surface area contributed by atoms with Gasteiger partial charge in [-0.25, -0.2) is 8.42 Å². The van der Waals surface area contributed by atoms with Crippen molar-refractivity contribution in [1.29, 1.82) is 0 Å². The minimum Gasteiger partial charge on any atom is -0.299 e. The molecule has 0 aliphatic carbocycles. The lowest BCUT2D eigenvalue weighted by Crippen LogP contribution is -2.54. The smallest absolute Gasteiger partial charge is 0.153 e. The maximum Gasteiger partial charge on any atom is 0.153 e. The maximum atomic E-state index is 11.7. The Balaban J connectivity index is 1.96. The van der Waals surface area contributed by atoms with Crippen molar-refractivity contribution in [1.82, 2.24) is 9.80 Å². The SMILES string of the molecule is CC(C)(CN1CCN2CCCC2C1)S(C)(=O)=O. The molecule has 0 spiro atoms. The van der Waals surface area contributed by atoms with Gasteiger partial charge in [0, 0.05) is 38.5 Å². The fourth-order valence-electron chi connectivity index (χ4n) is 2.85. The van der Waals surface area contributed by atoms with Gasteiger partial charge in [0.25, 0.3) is 0 Å². The third-order valence-corrected chi connectivity index (χ3v) is 6.42. The molecule has 0 amide bonds. The van der Waals surface area contributed by atoms with Gasteiger partial charge in [0.15, 0.2) is 9.84 Å². The molecule has 100 valence electrons. The minimum absolute atomic E-state index is 0.631. The molecule has 2 heterocycles. The number of piperazine rings is 1. The summed E-state index contributed by atoms with van der Waals surface area (Å²) in [7, 11) is -2.98. The molecule has 2 aliphatic rings. The number of fused-ring (bicyclic) bond motifs is 1. The molecule has 0 aromatic heterocycles. The number of sulfone groups is 1. The largest absolute Gasteiger partial charge is 0.299 e. The molecule has 2 fully saturated rings. The molecule has 2 aliphatic heterocycles. The van der Waals surface area contributed by atoms with Gasteiger partial charge in [-0.2, -0.15) is 0 Å². The summed E-state index contributed by atoms with van der Waals surface area (Å²) < 4.78 is 22.8. The van der Waals surface area contributed by atoms with Gasteiger partial charge in [-0.15, -0.1) is 0 Å². The highest BCUT2D eigenvalue weighted by Crippen LogP contribution is 2.24. The second-order valence-electron chi connectivity index (χ2n) is 6.10. The van der Waals surface area contributed by atoms with Gasteiger partial charge >= 0.3 is 0 Å². The zero-order valence-corrected chi connectivity index (χ0v) is 12.0. The van der Waals surface area contributed by atoms with Gasteiger partial charge in [-0.05, 0) is 33.2 Å². The van der Waals surface area contributed by atoms with Crippen molar-refractivity contribution in [2.45, 2.75) is 37.5 Å². The summed E-state index contributed by atoms with van der Waals surface area (Å²) >= 11 is 0. The molecule has 0 radical (unpaired) electrons. The van der Waals surface area contributed by atoms with Crippen LogP contribution in [0.15, 0.2) is 0 Å². The second-order valence-corrected chi connectivity index (χ2v) is 8.75. The fourth-order valence-corrected chi connectivity index (χ4v) is 3.27. The van der Waals surface area contributed by atoms with Gasteiger partial charge < -0.3 is 0 Å². The van der Waals surface area contributed by atoms with Crippen LogP contribution < -0.4 is 0 Å². The first-order valence-corrected chi connectivity index (χ1v) is 8.35. The van der Waals surface area contributed by atoms with Crippen LogP contribution in [0.25, 0.3) is 0 Å². The lowest BCUT2D eigenvalue weighted by Gasteiger charge is -2.40. The van der Waals surface area contributed by atoms with E-state index < -0.39 is 14.6 Å². The first kappa shape index (κ1) is 13.3. The van der Waals surface area contributed by atoms with Crippen LogP contribution >= 0.6 is 0 Å². The third-order valence-electron chi connectivity index (χ3n) is 4.28. The molecule has 0 aromatic rings. The Bertz CT molecular complexity index is 378. The summed E-state index contributed by atoms with van der Waals surface area (Å²) in [6.07, 6.45) is 3.92. The number of hydrogen-bond donors (Lipinski definition) is 0. The highest BCUT2D eigenvalue weighted by Gasteiger charge is 2.36. The van der Waals surface area contributed by atoms with E-state index in [-0.39, 0.29) is 0 Å². The van der Waals surface area contributed by atoms with Crippen molar-refractivity contribution < 1.29 is 8.42 Å². The normalized spacial score (nSPS) is 28.3. The van der Waals surface area contributed by atoms with E-state index >= 15 is 0 Å². The summed E-state index contributed by atoms with van der Waals surface area (Å²) in [6, 6.07) is 0.666. The zero-order valence-electron chi connectivity index (χ0n) is 11.1. The van der Waals surface area contributed by atoms with Crippen LogP contribution in [0.2, 0.25) is 0 Å². The first-order chi connectivity index (χ1) is 7.79. The lowest BCUT2D eigenvalue weighted by molar-refractivity contribution is 0.0984. The van der Waals surface area contributed by atoms with E-state index in [4.69, 9.17) is 0 Å². The topological polar surface area (TPSA) is 40.6 Å². The van der Waals surface area contributed by atoms with Crippen molar-refractivity contribution in [2.75, 3.05) is 39.0 Å². The fraction of sp³-hybridized carbons (Fsp3) is 1.00. The van der Waals surface area contributed by atoms with Gasteiger partial charge in [-0.3, -0.25) is 9.80 Å². The highest BCUT2D eigenvalue weighted by molar-refractivity contribution is 7.92. The Kier molecular flexibility index (Phi) is 3.54. The van der Waals surface area contributed by atoms with E-state index in [1.165, 1.54) is 25.6 Å². The number of hydrogen-bond acceptors (Lipinski definition) is 4. The van der Waals surface area contributed by atoms with Crippen LogP contribution in [0.4, 0.5) is 0 Å². The Hall–Kier alpha value is -0.130. The van der Waals surface area contributed by atoms with Crippen molar-refractivity contribution in [2.24, 2.45) is 0 Å². The van der Waals surface area contributed by atoms with E-state index in [1.54, 1.807) is 0 Å². The average Bonchev–Trinajstić information content (AvgIpc) is 2.62. The van der Waals surface area contributed by atoms with E-state index in [1.807, 2.05) is 13.8 Å². The minimum atomic E-state index is -2.98. The van der Waals surface area contributed by atoms with Crippen LogP contribution in [-0.2, 0) is 9.84 Å². The highest BCUT2D eigenvalue weighted by atomic mass is 32.2. The van der Waals surface area contributed by atoms with Crippen LogP contribution in [0.5, 0.6) is 0 Å². The van der Waals surface area contributed by atoms with Crippen LogP contribution in [0.3, 0.4) is 0 Å². The van der Waals surface area contributed by atoms with Crippen molar-refractivity contribution in [3.05, 3.63) is 0 Å². The summed E-state index contributed by atoms with van der Waals surface area (Å²) in [6.45, 7) is 8.72. The molecular formula is C12H24N2O2S. The maximum absolute atomic E-state index is 11.7. The van der Waals surface area contributed by atoms with E-state index in [0.29, 0.717) is 12.6 Å². The van der Waals surface area contributed by atoms with Crippen molar-refractivity contribution >= 4 is 9.84 Å². The molecule has 0 bridgehead atoms. The van der Waals surface area contributed by atoms with Crippen LogP contribution in [0, 0.1) is 0 Å². The molecule has 1 unspecified atom stereocenters. The summed E-state index contributed by atoms with van der Waals surface area (Å²) in [5.74, 6) is 0. The zero-order chi connectivity index (χ0) is 12.7. The summed E-state index contributed by atoms with van der Waals surface area (Å²) in [4.78, 5) is 4.87. The van der Waals surface area contributed by atoms with Crippen LogP contribution in [0.1, 0.15) is 26.7 Å². The molecule has 0 N–H and O–H groups in total. The molecule has 0 aromatic carbocycles. The molecule has 4 nitrogen and oxygen atoms in total. The van der Waals surface area contributed by atoms with E-state index in [0.717, 1.165) is 19.6 Å². The first-order valence-electron chi connectivity index (χ1n) is 6.46. The van der Waals surface area contributed by atoms with Gasteiger partial charge in [0.1, 0.15) is 0 Å². The standard InChI is InChI=1S/C12H24N2O2S/c1-12(2,17(3,15)16)10-13-7-8-14-6-4-5-11(14)9-13/h11H,4-10H2,1-3H3. The Morgan fingerprint density at radius 3 is 2.59 bits per heavy atom. The lowest BCUT2D eigenvalue weighted by atomic mass is 10.1. The third kappa shape index (κ3) is 2.83. The second kappa shape index (κ2) is 4.52. The van der Waals surface area contributed by atoms with Gasteiger partial charge in [0.05, 0.1) is 4.75 Å². The Morgan fingerprint density at radius 1 is 1.24 bits per heavy atom. The van der Waals surface area contributed by atoms with Crippen molar-refractivity contribution in [3.8, 4) is 0 Å². The molecule has 5 heteroatoms.